The minimum Gasteiger partial charge on any atom is -0.361 e. The lowest BCUT2D eigenvalue weighted by Crippen LogP contribution is -2.47. The van der Waals surface area contributed by atoms with Gasteiger partial charge in [-0.25, -0.2) is 0 Å². The third-order valence-corrected chi connectivity index (χ3v) is 6.52. The molecule has 4 N–H and O–H groups in total. The minimum atomic E-state index is -0.739. The Bertz CT molecular complexity index is 1300. The number of benzene rings is 2. The van der Waals surface area contributed by atoms with Crippen LogP contribution in [0, 0.1) is 0 Å². The molecule has 2 heterocycles. The molecule has 3 amide bonds. The average Bonchev–Trinajstić information content (AvgIpc) is 3.54. The summed E-state index contributed by atoms with van der Waals surface area (Å²) >= 11 is 1.33. The zero-order valence-corrected chi connectivity index (χ0v) is 20.3. The summed E-state index contributed by atoms with van der Waals surface area (Å²) in [6, 6.07) is 18.0. The summed E-state index contributed by atoms with van der Waals surface area (Å²) in [6.45, 7) is 2.27. The van der Waals surface area contributed by atoms with Gasteiger partial charge in [0, 0.05) is 42.2 Å². The first kappa shape index (κ1) is 24.2. The van der Waals surface area contributed by atoms with E-state index < -0.39 is 6.04 Å². The Hall–Kier alpha value is -3.91. The highest BCUT2D eigenvalue weighted by atomic mass is 32.1. The molecule has 8 heteroatoms. The van der Waals surface area contributed by atoms with Gasteiger partial charge in [0.2, 0.25) is 11.8 Å². The van der Waals surface area contributed by atoms with Crippen molar-refractivity contribution < 1.29 is 14.4 Å². The number of hydrogen-bond acceptors (Lipinski definition) is 4. The van der Waals surface area contributed by atoms with Crippen LogP contribution in [0.3, 0.4) is 0 Å². The second kappa shape index (κ2) is 11.5. The van der Waals surface area contributed by atoms with Crippen molar-refractivity contribution in [3.8, 4) is 0 Å². The second-order valence-electron chi connectivity index (χ2n) is 8.28. The molecule has 0 aliphatic heterocycles. The van der Waals surface area contributed by atoms with Gasteiger partial charge in [0.1, 0.15) is 6.04 Å². The van der Waals surface area contributed by atoms with Gasteiger partial charge in [0.15, 0.2) is 0 Å². The molecule has 7 nitrogen and oxygen atoms in total. The van der Waals surface area contributed by atoms with Crippen molar-refractivity contribution >= 4 is 45.6 Å². The van der Waals surface area contributed by atoms with Gasteiger partial charge in [-0.3, -0.25) is 14.4 Å². The summed E-state index contributed by atoms with van der Waals surface area (Å²) in [7, 11) is 0. The van der Waals surface area contributed by atoms with Gasteiger partial charge in [-0.05, 0) is 47.2 Å². The van der Waals surface area contributed by atoms with Crippen molar-refractivity contribution in [3.63, 3.8) is 0 Å². The van der Waals surface area contributed by atoms with Gasteiger partial charge in [0.05, 0.1) is 4.88 Å². The van der Waals surface area contributed by atoms with Crippen LogP contribution < -0.4 is 16.0 Å². The van der Waals surface area contributed by atoms with Crippen molar-refractivity contribution in [3.05, 3.63) is 88.2 Å². The van der Waals surface area contributed by atoms with Crippen LogP contribution in [0.1, 0.15) is 40.6 Å². The maximum absolute atomic E-state index is 13.2. The van der Waals surface area contributed by atoms with Crippen LogP contribution in [0.5, 0.6) is 0 Å². The molecule has 0 saturated carbocycles. The SMILES string of the molecule is CCCC(=O)Nc1ccc(CNC(=O)C(Cc2c[nH]c3ccccc23)NC(=O)c2cccs2)cc1. The number of H-pyrrole nitrogens is 1. The fourth-order valence-corrected chi connectivity index (χ4v) is 4.46. The Balaban J connectivity index is 1.43. The van der Waals surface area contributed by atoms with Crippen LogP contribution in [-0.4, -0.2) is 28.7 Å². The van der Waals surface area contributed by atoms with E-state index in [2.05, 4.69) is 20.9 Å². The Morgan fingerprint density at radius 1 is 1.00 bits per heavy atom. The molecular weight excluding hydrogens is 460 g/mol. The van der Waals surface area contributed by atoms with Gasteiger partial charge in [-0.2, -0.15) is 0 Å². The highest BCUT2D eigenvalue weighted by molar-refractivity contribution is 7.12. The third-order valence-electron chi connectivity index (χ3n) is 5.65. The Morgan fingerprint density at radius 3 is 2.54 bits per heavy atom. The molecule has 4 aromatic rings. The number of hydrogen-bond donors (Lipinski definition) is 4. The second-order valence-corrected chi connectivity index (χ2v) is 9.23. The van der Waals surface area contributed by atoms with Crippen LogP contribution in [-0.2, 0) is 22.6 Å². The summed E-state index contributed by atoms with van der Waals surface area (Å²) in [5.41, 5.74) is 3.55. The number of aromatic amines is 1. The summed E-state index contributed by atoms with van der Waals surface area (Å²) in [4.78, 5) is 41.5. The molecule has 0 saturated heterocycles. The van der Waals surface area contributed by atoms with Crippen LogP contribution in [0.25, 0.3) is 10.9 Å². The number of rotatable bonds is 10. The van der Waals surface area contributed by atoms with E-state index >= 15 is 0 Å². The number of nitrogens with one attached hydrogen (secondary N) is 4. The van der Waals surface area contributed by atoms with E-state index in [1.165, 1.54) is 11.3 Å². The van der Waals surface area contributed by atoms with Crippen molar-refractivity contribution in [2.75, 3.05) is 5.32 Å². The predicted octanol–water partition coefficient (Wildman–Crippen LogP) is 4.63. The van der Waals surface area contributed by atoms with Crippen molar-refractivity contribution in [2.24, 2.45) is 0 Å². The van der Waals surface area contributed by atoms with Gasteiger partial charge in [-0.1, -0.05) is 43.3 Å². The largest absolute Gasteiger partial charge is 0.361 e. The number of aromatic nitrogens is 1. The van der Waals surface area contributed by atoms with Crippen molar-refractivity contribution in [1.29, 1.82) is 0 Å². The van der Waals surface area contributed by atoms with E-state index in [4.69, 9.17) is 0 Å². The first-order valence-electron chi connectivity index (χ1n) is 11.6. The standard InChI is InChI=1S/C27H28N4O3S/c1-2-6-25(32)30-20-12-10-18(11-13-20)16-29-26(33)23(31-27(34)24-9-5-14-35-24)15-19-17-28-22-8-4-3-7-21(19)22/h3-5,7-14,17,23,28H,2,6,15-16H2,1H3,(H,29,33)(H,30,32)(H,31,34). The van der Waals surface area contributed by atoms with Gasteiger partial charge < -0.3 is 20.9 Å². The molecule has 180 valence electrons. The number of anilines is 1. The quantitative estimate of drug-likeness (QED) is 0.262. The number of fused-ring (bicyclic) bond motifs is 1. The minimum absolute atomic E-state index is 0.0184. The zero-order chi connectivity index (χ0) is 24.6. The zero-order valence-electron chi connectivity index (χ0n) is 19.5. The highest BCUT2D eigenvalue weighted by Crippen LogP contribution is 2.20. The van der Waals surface area contributed by atoms with E-state index in [0.29, 0.717) is 24.3 Å². The number of carbonyl (C=O) groups is 3. The molecule has 0 bridgehead atoms. The summed E-state index contributed by atoms with van der Waals surface area (Å²) < 4.78 is 0. The maximum atomic E-state index is 13.2. The molecule has 4 rings (SSSR count). The van der Waals surface area contributed by atoms with E-state index in [9.17, 15) is 14.4 Å². The lowest BCUT2D eigenvalue weighted by atomic mass is 10.0. The molecule has 0 spiro atoms. The highest BCUT2D eigenvalue weighted by Gasteiger charge is 2.23. The molecule has 2 aromatic heterocycles. The van der Waals surface area contributed by atoms with Crippen LogP contribution in [0.2, 0.25) is 0 Å². The predicted molar refractivity (Wildman–Crippen MR) is 139 cm³/mol. The molecule has 2 aromatic carbocycles. The first-order chi connectivity index (χ1) is 17.0. The fourth-order valence-electron chi connectivity index (χ4n) is 3.84. The summed E-state index contributed by atoms with van der Waals surface area (Å²) in [5, 5.41) is 11.5. The molecular formula is C27H28N4O3S. The van der Waals surface area contributed by atoms with E-state index in [0.717, 1.165) is 34.1 Å². The summed E-state index contributed by atoms with van der Waals surface area (Å²) in [6.07, 6.45) is 3.51. The lowest BCUT2D eigenvalue weighted by Gasteiger charge is -2.18. The van der Waals surface area contributed by atoms with Gasteiger partial charge in [0.25, 0.3) is 5.91 Å². The first-order valence-corrected chi connectivity index (χ1v) is 12.5. The molecule has 0 fully saturated rings. The molecule has 35 heavy (non-hydrogen) atoms. The molecule has 1 atom stereocenters. The number of carbonyl (C=O) groups excluding carboxylic acids is 3. The molecule has 0 aliphatic rings. The third kappa shape index (κ3) is 6.36. The van der Waals surface area contributed by atoms with Crippen LogP contribution in [0.4, 0.5) is 5.69 Å². The monoisotopic (exact) mass is 488 g/mol. The fraction of sp³-hybridized carbons (Fsp3) is 0.222. The molecule has 0 radical (unpaired) electrons. The molecule has 0 aliphatic carbocycles. The number of thiophene rings is 1. The average molecular weight is 489 g/mol. The number of para-hydroxylation sites is 1. The maximum Gasteiger partial charge on any atom is 0.262 e. The number of amides is 3. The van der Waals surface area contributed by atoms with Crippen LogP contribution in [0.15, 0.2) is 72.2 Å². The van der Waals surface area contributed by atoms with E-state index in [1.807, 2.05) is 73.1 Å². The Kier molecular flexibility index (Phi) is 7.95. The smallest absolute Gasteiger partial charge is 0.262 e. The van der Waals surface area contributed by atoms with Crippen LogP contribution >= 0.6 is 11.3 Å². The van der Waals surface area contributed by atoms with Crippen molar-refractivity contribution in [2.45, 2.75) is 38.8 Å². The van der Waals surface area contributed by atoms with Gasteiger partial charge >= 0.3 is 0 Å². The normalized spacial score (nSPS) is 11.7. The van der Waals surface area contributed by atoms with E-state index in [1.54, 1.807) is 6.07 Å². The topological polar surface area (TPSA) is 103 Å². The van der Waals surface area contributed by atoms with E-state index in [-0.39, 0.29) is 17.7 Å². The Morgan fingerprint density at radius 2 is 1.80 bits per heavy atom. The Labute approximate surface area is 207 Å². The van der Waals surface area contributed by atoms with Crippen molar-refractivity contribution in [1.82, 2.24) is 15.6 Å². The van der Waals surface area contributed by atoms with Gasteiger partial charge in [-0.15, -0.1) is 11.3 Å². The molecule has 1 unspecified atom stereocenters. The lowest BCUT2D eigenvalue weighted by molar-refractivity contribution is -0.123. The summed E-state index contributed by atoms with van der Waals surface area (Å²) in [5.74, 6) is -0.553.